The van der Waals surface area contributed by atoms with Gasteiger partial charge in [0.2, 0.25) is 0 Å². The van der Waals surface area contributed by atoms with Crippen LogP contribution in [0, 0.1) is 11.3 Å². The molecule has 0 aromatic heterocycles. The van der Waals surface area contributed by atoms with Gasteiger partial charge in [0.15, 0.2) is 6.04 Å². The van der Waals surface area contributed by atoms with Gasteiger partial charge >= 0.3 is 5.97 Å². The number of benzene rings is 2. The van der Waals surface area contributed by atoms with Crippen molar-refractivity contribution in [2.45, 2.75) is 6.04 Å². The molecule has 23 heavy (non-hydrogen) atoms. The summed E-state index contributed by atoms with van der Waals surface area (Å²) in [5.74, 6) is -1.60. The molecular weight excluding hydrogens is 339 g/mol. The van der Waals surface area contributed by atoms with Crippen molar-refractivity contribution >= 4 is 40.8 Å². The van der Waals surface area contributed by atoms with E-state index in [9.17, 15) is 14.9 Å². The number of fused-ring (bicyclic) bond motifs is 1. The molecule has 0 saturated heterocycles. The fraction of sp³-hybridized carbons (Fsp3) is 0.0625. The number of aromatic carboxylic acids is 1. The second-order valence-electron chi connectivity index (χ2n) is 4.89. The van der Waals surface area contributed by atoms with Crippen molar-refractivity contribution < 1.29 is 14.7 Å². The van der Waals surface area contributed by atoms with Crippen molar-refractivity contribution in [3.05, 3.63) is 63.1 Å². The van der Waals surface area contributed by atoms with E-state index in [2.05, 4.69) is 6.07 Å². The maximum atomic E-state index is 12.7. The first-order valence-corrected chi connectivity index (χ1v) is 7.25. The highest BCUT2D eigenvalue weighted by Gasteiger charge is 2.40. The molecule has 0 aliphatic carbocycles. The average Bonchev–Trinajstić information content (AvgIpc) is 2.83. The van der Waals surface area contributed by atoms with E-state index < -0.39 is 17.9 Å². The Bertz CT molecular complexity index is 889. The summed E-state index contributed by atoms with van der Waals surface area (Å²) in [7, 11) is 0. The van der Waals surface area contributed by atoms with Gasteiger partial charge in [-0.1, -0.05) is 35.3 Å². The van der Waals surface area contributed by atoms with Crippen LogP contribution in [0.15, 0.2) is 36.4 Å². The van der Waals surface area contributed by atoms with Gasteiger partial charge in [-0.15, -0.1) is 0 Å². The normalized spacial score (nSPS) is 16.1. The Morgan fingerprint density at radius 2 is 2.00 bits per heavy atom. The summed E-state index contributed by atoms with van der Waals surface area (Å²) in [6.45, 7) is 0. The van der Waals surface area contributed by atoms with Gasteiger partial charge in [0.25, 0.3) is 5.91 Å². The molecule has 1 amide bonds. The lowest BCUT2D eigenvalue weighted by Gasteiger charge is -2.20. The molecule has 114 valence electrons. The standard InChI is InChI=1S/C16H8Cl2N2O3/c17-11-5-4-10-12(7-19)20(15(21)13(10)14(11)18)9-3-1-2-8(6-9)16(22)23/h1-6,12H,(H,22,23). The fourth-order valence-corrected chi connectivity index (χ4v) is 2.98. The minimum absolute atomic E-state index is 0.0204. The minimum Gasteiger partial charge on any atom is -0.478 e. The van der Waals surface area contributed by atoms with Crippen LogP contribution in [-0.4, -0.2) is 17.0 Å². The lowest BCUT2D eigenvalue weighted by Crippen LogP contribution is -2.27. The molecule has 3 rings (SSSR count). The summed E-state index contributed by atoms with van der Waals surface area (Å²) in [6.07, 6.45) is 0. The van der Waals surface area contributed by atoms with Gasteiger partial charge < -0.3 is 5.11 Å². The number of anilines is 1. The summed E-state index contributed by atoms with van der Waals surface area (Å²) >= 11 is 12.1. The molecule has 0 fully saturated rings. The van der Waals surface area contributed by atoms with Gasteiger partial charge in [-0.25, -0.2) is 4.79 Å². The highest BCUT2D eigenvalue weighted by Crippen LogP contribution is 2.42. The Labute approximate surface area is 141 Å². The molecule has 1 N–H and O–H groups in total. The van der Waals surface area contributed by atoms with Crippen molar-refractivity contribution in [3.8, 4) is 6.07 Å². The largest absolute Gasteiger partial charge is 0.478 e. The van der Waals surface area contributed by atoms with Crippen molar-refractivity contribution in [2.75, 3.05) is 4.90 Å². The van der Waals surface area contributed by atoms with Crippen molar-refractivity contribution in [1.29, 1.82) is 5.26 Å². The van der Waals surface area contributed by atoms with E-state index in [4.69, 9.17) is 28.3 Å². The number of rotatable bonds is 2. The molecule has 0 spiro atoms. The quantitative estimate of drug-likeness (QED) is 0.893. The van der Waals surface area contributed by atoms with Gasteiger partial charge in [-0.3, -0.25) is 9.69 Å². The summed E-state index contributed by atoms with van der Waals surface area (Å²) in [5.41, 5.74) is 0.955. The molecule has 0 radical (unpaired) electrons. The summed E-state index contributed by atoms with van der Waals surface area (Å²) in [5, 5.41) is 18.9. The van der Waals surface area contributed by atoms with Crippen LogP contribution in [0.3, 0.4) is 0 Å². The Hall–Kier alpha value is -2.55. The minimum atomic E-state index is -1.12. The predicted molar refractivity (Wildman–Crippen MR) is 85.0 cm³/mol. The van der Waals surface area contributed by atoms with Crippen LogP contribution in [-0.2, 0) is 0 Å². The van der Waals surface area contributed by atoms with Crippen LogP contribution in [0.2, 0.25) is 10.0 Å². The van der Waals surface area contributed by atoms with E-state index in [1.54, 1.807) is 12.1 Å². The van der Waals surface area contributed by atoms with E-state index in [0.29, 0.717) is 11.3 Å². The number of carboxylic acid groups (broad SMARTS) is 1. The van der Waals surface area contributed by atoms with Crippen LogP contribution < -0.4 is 4.90 Å². The molecule has 5 nitrogen and oxygen atoms in total. The number of carbonyl (C=O) groups excluding carboxylic acids is 1. The number of carbonyl (C=O) groups is 2. The van der Waals surface area contributed by atoms with E-state index in [-0.39, 0.29) is 21.2 Å². The van der Waals surface area contributed by atoms with Gasteiger partial charge in [0.05, 0.1) is 27.2 Å². The smallest absolute Gasteiger partial charge is 0.335 e. The predicted octanol–water partition coefficient (Wildman–Crippen LogP) is 3.92. The third-order valence-electron chi connectivity index (χ3n) is 3.61. The first-order valence-electron chi connectivity index (χ1n) is 6.50. The zero-order chi connectivity index (χ0) is 16.7. The van der Waals surface area contributed by atoms with Gasteiger partial charge in [-0.2, -0.15) is 5.26 Å². The van der Waals surface area contributed by atoms with Crippen LogP contribution >= 0.6 is 23.2 Å². The Morgan fingerprint density at radius 1 is 1.26 bits per heavy atom. The molecule has 1 atom stereocenters. The van der Waals surface area contributed by atoms with Crippen LogP contribution in [0.4, 0.5) is 5.69 Å². The molecule has 2 aromatic rings. The van der Waals surface area contributed by atoms with Crippen LogP contribution in [0.25, 0.3) is 0 Å². The second-order valence-corrected chi connectivity index (χ2v) is 5.67. The Kier molecular flexibility index (Phi) is 3.72. The van der Waals surface area contributed by atoms with Crippen molar-refractivity contribution in [2.24, 2.45) is 0 Å². The number of carboxylic acids is 1. The van der Waals surface area contributed by atoms with Crippen molar-refractivity contribution in [3.63, 3.8) is 0 Å². The summed E-state index contributed by atoms with van der Waals surface area (Å²) < 4.78 is 0. The number of nitrogens with zero attached hydrogens (tertiary/aromatic N) is 2. The zero-order valence-electron chi connectivity index (χ0n) is 11.5. The fourth-order valence-electron chi connectivity index (χ4n) is 2.57. The molecule has 7 heteroatoms. The first kappa shape index (κ1) is 15.3. The molecular formula is C16H8Cl2N2O3. The second kappa shape index (κ2) is 5.58. The monoisotopic (exact) mass is 346 g/mol. The number of hydrogen-bond acceptors (Lipinski definition) is 3. The highest BCUT2D eigenvalue weighted by molar-refractivity contribution is 6.44. The molecule has 1 aliphatic heterocycles. The number of amides is 1. The maximum absolute atomic E-state index is 12.7. The van der Waals surface area contributed by atoms with E-state index in [0.717, 1.165) is 0 Å². The molecule has 2 aromatic carbocycles. The van der Waals surface area contributed by atoms with Gasteiger partial charge in [0, 0.05) is 11.3 Å². The first-order chi connectivity index (χ1) is 11.0. The number of halogens is 2. The molecule has 0 saturated carbocycles. The lowest BCUT2D eigenvalue weighted by atomic mass is 10.1. The van der Waals surface area contributed by atoms with Gasteiger partial charge in [0.1, 0.15) is 0 Å². The molecule has 1 aliphatic rings. The molecule has 1 unspecified atom stereocenters. The molecule has 1 heterocycles. The third-order valence-corrected chi connectivity index (χ3v) is 4.41. The maximum Gasteiger partial charge on any atom is 0.335 e. The van der Waals surface area contributed by atoms with Crippen LogP contribution in [0.1, 0.15) is 32.3 Å². The highest BCUT2D eigenvalue weighted by atomic mass is 35.5. The average molecular weight is 347 g/mol. The summed E-state index contributed by atoms with van der Waals surface area (Å²) in [6, 6.07) is 10.1. The van der Waals surface area contributed by atoms with E-state index in [1.165, 1.54) is 29.2 Å². The lowest BCUT2D eigenvalue weighted by molar-refractivity contribution is 0.0696. The third kappa shape index (κ3) is 2.33. The SMILES string of the molecule is N#CC1c2ccc(Cl)c(Cl)c2C(=O)N1c1cccc(C(=O)O)c1. The number of nitriles is 1. The summed E-state index contributed by atoms with van der Waals surface area (Å²) in [4.78, 5) is 25.0. The zero-order valence-corrected chi connectivity index (χ0v) is 13.0. The number of hydrogen-bond donors (Lipinski definition) is 1. The van der Waals surface area contributed by atoms with E-state index >= 15 is 0 Å². The Morgan fingerprint density at radius 3 is 2.65 bits per heavy atom. The van der Waals surface area contributed by atoms with Crippen molar-refractivity contribution in [1.82, 2.24) is 0 Å². The van der Waals surface area contributed by atoms with E-state index in [1.807, 2.05) is 0 Å². The Balaban J connectivity index is 2.17. The van der Waals surface area contributed by atoms with Gasteiger partial charge in [-0.05, 0) is 24.3 Å². The topological polar surface area (TPSA) is 81.4 Å². The molecule has 0 bridgehead atoms. The van der Waals surface area contributed by atoms with Crippen LogP contribution in [0.5, 0.6) is 0 Å².